The molecule has 5 heteroatoms. The van der Waals surface area contributed by atoms with Gasteiger partial charge in [-0.15, -0.1) is 0 Å². The predicted molar refractivity (Wildman–Crippen MR) is 134 cm³/mol. The van der Waals surface area contributed by atoms with Crippen LogP contribution in [0.2, 0.25) is 0 Å². The molecule has 0 radical (unpaired) electrons. The number of ether oxygens (including phenoxy) is 1. The summed E-state index contributed by atoms with van der Waals surface area (Å²) in [7, 11) is 0. The molecule has 2 amide bonds. The Hall–Kier alpha value is -2.95. The summed E-state index contributed by atoms with van der Waals surface area (Å²) in [5.74, 6) is -2.14. The van der Waals surface area contributed by atoms with Gasteiger partial charge in [-0.25, -0.2) is 0 Å². The van der Waals surface area contributed by atoms with E-state index in [1.165, 1.54) is 37.0 Å². The molecule has 4 aliphatic rings. The second-order valence-electron chi connectivity index (χ2n) is 10.2. The Labute approximate surface area is 207 Å². The van der Waals surface area contributed by atoms with Crippen molar-refractivity contribution >= 4 is 17.8 Å². The number of hydrogen-bond donors (Lipinski definition) is 0. The molecule has 184 valence electrons. The summed E-state index contributed by atoms with van der Waals surface area (Å²) in [6, 6.07) is 16.3. The van der Waals surface area contributed by atoms with E-state index >= 15 is 0 Å². The van der Waals surface area contributed by atoms with Gasteiger partial charge in [0, 0.05) is 11.8 Å². The van der Waals surface area contributed by atoms with E-state index in [0.717, 1.165) is 41.5 Å². The summed E-state index contributed by atoms with van der Waals surface area (Å²) in [5, 5.41) is 0. The molecule has 2 aromatic carbocycles. The van der Waals surface area contributed by atoms with Gasteiger partial charge in [-0.2, -0.15) is 0 Å². The third kappa shape index (κ3) is 4.30. The average molecular weight is 474 g/mol. The van der Waals surface area contributed by atoms with Gasteiger partial charge in [-0.3, -0.25) is 19.3 Å². The molecule has 0 unspecified atom stereocenters. The van der Waals surface area contributed by atoms with E-state index in [1.807, 2.05) is 24.3 Å². The zero-order chi connectivity index (χ0) is 24.4. The molecule has 1 aliphatic heterocycles. The van der Waals surface area contributed by atoms with Gasteiger partial charge in [0.2, 0.25) is 11.8 Å². The van der Waals surface area contributed by atoms with E-state index in [2.05, 4.69) is 31.2 Å². The molecule has 2 atom stereocenters. The first-order valence-electron chi connectivity index (χ1n) is 13.3. The molecule has 2 bridgehead atoms. The number of imide groups is 1. The normalized spacial score (nSPS) is 23.7. The molecule has 1 saturated heterocycles. The summed E-state index contributed by atoms with van der Waals surface area (Å²) in [4.78, 5) is 40.8. The van der Waals surface area contributed by atoms with Gasteiger partial charge in [0.05, 0.1) is 18.4 Å². The second-order valence-corrected chi connectivity index (χ2v) is 10.2. The van der Waals surface area contributed by atoms with E-state index in [-0.39, 0.29) is 30.2 Å². The number of nitrogens with zero attached hydrogens (tertiary/aromatic N) is 1. The maximum Gasteiger partial charge on any atom is 0.326 e. The lowest BCUT2D eigenvalue weighted by atomic mass is 9.55. The zero-order valence-corrected chi connectivity index (χ0v) is 20.6. The monoisotopic (exact) mass is 473 g/mol. The molecule has 1 heterocycles. The Morgan fingerprint density at radius 3 is 1.60 bits per heavy atom. The number of unbranched alkanes of at least 4 members (excludes halogenated alkanes) is 7. The fourth-order valence-corrected chi connectivity index (χ4v) is 6.49. The van der Waals surface area contributed by atoms with E-state index in [0.29, 0.717) is 6.61 Å². The first-order valence-corrected chi connectivity index (χ1v) is 13.3. The van der Waals surface area contributed by atoms with Crippen LogP contribution in [0.4, 0.5) is 0 Å². The van der Waals surface area contributed by atoms with Crippen molar-refractivity contribution in [2.75, 3.05) is 13.2 Å². The van der Waals surface area contributed by atoms with Gasteiger partial charge in [0.1, 0.15) is 6.54 Å². The number of likely N-dealkylation sites (tertiary alicyclic amines) is 1. The summed E-state index contributed by atoms with van der Waals surface area (Å²) in [6.45, 7) is 2.28. The summed E-state index contributed by atoms with van der Waals surface area (Å²) in [5.41, 5.74) is 4.55. The first-order chi connectivity index (χ1) is 17.1. The fourth-order valence-electron chi connectivity index (χ4n) is 6.49. The average Bonchev–Trinajstić information content (AvgIpc) is 3.13. The molecule has 0 N–H and O–H groups in total. The van der Waals surface area contributed by atoms with Crippen molar-refractivity contribution in [3.8, 4) is 0 Å². The predicted octanol–water partition coefficient (Wildman–Crippen LogP) is 5.56. The maximum atomic E-state index is 13.5. The largest absolute Gasteiger partial charge is 0.464 e. The van der Waals surface area contributed by atoms with Crippen molar-refractivity contribution in [3.05, 3.63) is 70.8 Å². The summed E-state index contributed by atoms with van der Waals surface area (Å²) < 4.78 is 5.41. The molecule has 0 spiro atoms. The van der Waals surface area contributed by atoms with E-state index in [9.17, 15) is 14.4 Å². The van der Waals surface area contributed by atoms with Crippen LogP contribution in [0.3, 0.4) is 0 Å². The van der Waals surface area contributed by atoms with Crippen LogP contribution in [0.25, 0.3) is 0 Å². The van der Waals surface area contributed by atoms with Crippen molar-refractivity contribution in [1.82, 2.24) is 4.90 Å². The minimum absolute atomic E-state index is 0.146. The quantitative estimate of drug-likeness (QED) is 0.243. The van der Waals surface area contributed by atoms with Gasteiger partial charge in [0.15, 0.2) is 0 Å². The minimum Gasteiger partial charge on any atom is -0.464 e. The number of carbonyl (C=O) groups is 3. The van der Waals surface area contributed by atoms with Crippen molar-refractivity contribution in [1.29, 1.82) is 0 Å². The lowest BCUT2D eigenvalue weighted by Crippen LogP contribution is -2.41. The third-order valence-corrected chi connectivity index (χ3v) is 8.09. The Morgan fingerprint density at radius 1 is 0.714 bits per heavy atom. The van der Waals surface area contributed by atoms with E-state index in [4.69, 9.17) is 4.74 Å². The molecule has 3 aliphatic carbocycles. The summed E-state index contributed by atoms with van der Waals surface area (Å²) >= 11 is 0. The van der Waals surface area contributed by atoms with Gasteiger partial charge in [-0.1, -0.05) is 100 Å². The molecular weight excluding hydrogens is 438 g/mol. The van der Waals surface area contributed by atoms with Crippen LogP contribution < -0.4 is 0 Å². The SMILES string of the molecule is CCCCCCCCCCOC(=O)CN1C(=O)[C@@H]2C3c4ccccc4C(c4ccccc43)[C@@H]2C1=O. The second kappa shape index (κ2) is 10.3. The Kier molecular flexibility index (Phi) is 7.03. The van der Waals surface area contributed by atoms with Crippen LogP contribution in [-0.4, -0.2) is 35.8 Å². The van der Waals surface area contributed by atoms with Gasteiger partial charge in [0.25, 0.3) is 0 Å². The number of benzene rings is 2. The van der Waals surface area contributed by atoms with Gasteiger partial charge in [-0.05, 0) is 28.7 Å². The Morgan fingerprint density at radius 2 is 1.14 bits per heavy atom. The standard InChI is InChI=1S/C30H35NO4/c1-2-3-4-5-6-7-8-13-18-35-24(32)19-31-29(33)27-25-20-14-9-10-15-21(20)26(28(27)30(31)34)23-17-12-11-16-22(23)25/h9-12,14-17,25-28H,2-8,13,18-19H2,1H3/t25?,26?,27-,28+. The minimum atomic E-state index is -0.490. The molecular formula is C30H35NO4. The van der Waals surface area contributed by atoms with Crippen LogP contribution in [0.1, 0.15) is 92.4 Å². The van der Waals surface area contributed by atoms with Crippen LogP contribution in [0, 0.1) is 11.8 Å². The molecule has 0 saturated carbocycles. The molecule has 1 fully saturated rings. The van der Waals surface area contributed by atoms with E-state index in [1.54, 1.807) is 0 Å². The topological polar surface area (TPSA) is 63.7 Å². The third-order valence-electron chi connectivity index (χ3n) is 8.09. The Bertz CT molecular complexity index is 994. The number of amides is 2. The highest BCUT2D eigenvalue weighted by atomic mass is 16.5. The van der Waals surface area contributed by atoms with Gasteiger partial charge >= 0.3 is 5.97 Å². The van der Waals surface area contributed by atoms with Crippen LogP contribution >= 0.6 is 0 Å². The number of hydrogen-bond acceptors (Lipinski definition) is 4. The molecule has 2 aromatic rings. The first kappa shape index (κ1) is 23.8. The summed E-state index contributed by atoms with van der Waals surface area (Å²) in [6.07, 6.45) is 9.34. The van der Waals surface area contributed by atoms with Gasteiger partial charge < -0.3 is 4.74 Å². The van der Waals surface area contributed by atoms with E-state index < -0.39 is 17.8 Å². The maximum absolute atomic E-state index is 13.5. The van der Waals surface area contributed by atoms with Crippen molar-refractivity contribution in [3.63, 3.8) is 0 Å². The van der Waals surface area contributed by atoms with Crippen LogP contribution in [0.5, 0.6) is 0 Å². The number of rotatable bonds is 11. The lowest BCUT2D eigenvalue weighted by molar-refractivity contribution is -0.153. The lowest BCUT2D eigenvalue weighted by Gasteiger charge is -2.45. The smallest absolute Gasteiger partial charge is 0.326 e. The number of esters is 1. The van der Waals surface area contributed by atoms with Crippen LogP contribution in [-0.2, 0) is 19.1 Å². The molecule has 35 heavy (non-hydrogen) atoms. The highest BCUT2D eigenvalue weighted by Crippen LogP contribution is 2.60. The Balaban J connectivity index is 1.21. The number of carbonyl (C=O) groups excluding carboxylic acids is 3. The molecule has 0 aromatic heterocycles. The highest BCUT2D eigenvalue weighted by molar-refractivity contribution is 6.09. The van der Waals surface area contributed by atoms with Crippen molar-refractivity contribution in [2.45, 2.75) is 70.1 Å². The highest BCUT2D eigenvalue weighted by Gasteiger charge is 2.61. The zero-order valence-electron chi connectivity index (χ0n) is 20.6. The van der Waals surface area contributed by atoms with Crippen molar-refractivity contribution < 1.29 is 19.1 Å². The van der Waals surface area contributed by atoms with Crippen LogP contribution in [0.15, 0.2) is 48.5 Å². The fraction of sp³-hybridized carbons (Fsp3) is 0.500. The molecule has 6 rings (SSSR count). The van der Waals surface area contributed by atoms with Crippen molar-refractivity contribution in [2.24, 2.45) is 11.8 Å². The molecule has 5 nitrogen and oxygen atoms in total.